The van der Waals surface area contributed by atoms with Crippen molar-refractivity contribution in [3.8, 4) is 11.3 Å². The Kier molecular flexibility index (Phi) is 4.00. The van der Waals surface area contributed by atoms with E-state index in [2.05, 4.69) is 20.7 Å². The lowest BCUT2D eigenvalue weighted by Gasteiger charge is -2.04. The van der Waals surface area contributed by atoms with Crippen LogP contribution in [-0.2, 0) is 13.0 Å². The Balaban J connectivity index is 1.68. The van der Waals surface area contributed by atoms with E-state index in [0.29, 0.717) is 17.9 Å². The highest BCUT2D eigenvalue weighted by molar-refractivity contribution is 5.95. The number of carbonyl (C=O) groups is 1. The van der Waals surface area contributed by atoms with Crippen molar-refractivity contribution in [2.24, 2.45) is 0 Å². The van der Waals surface area contributed by atoms with Crippen molar-refractivity contribution >= 4 is 5.91 Å². The van der Waals surface area contributed by atoms with E-state index < -0.39 is 0 Å². The minimum atomic E-state index is -0.157. The van der Waals surface area contributed by atoms with Crippen LogP contribution in [0.4, 0.5) is 0 Å². The number of amides is 1. The van der Waals surface area contributed by atoms with Crippen LogP contribution in [0.5, 0.6) is 0 Å². The molecule has 0 aliphatic rings. The third-order valence-corrected chi connectivity index (χ3v) is 3.33. The van der Waals surface area contributed by atoms with Crippen molar-refractivity contribution in [2.75, 3.05) is 0 Å². The maximum Gasteiger partial charge on any atom is 0.251 e. The lowest BCUT2D eigenvalue weighted by Crippen LogP contribution is -2.22. The van der Waals surface area contributed by atoms with Crippen molar-refractivity contribution in [1.29, 1.82) is 0 Å². The molecule has 6 heteroatoms. The van der Waals surface area contributed by atoms with Gasteiger partial charge in [-0.15, -0.1) is 0 Å². The number of aryl methyl sites for hydroxylation is 1. The average molecular weight is 296 g/mol. The first-order valence-electron chi connectivity index (χ1n) is 7.08. The van der Waals surface area contributed by atoms with Gasteiger partial charge in [0, 0.05) is 23.4 Å². The first kappa shape index (κ1) is 14.1. The van der Waals surface area contributed by atoms with Crippen LogP contribution in [0.1, 0.15) is 28.7 Å². The normalized spacial score (nSPS) is 10.6. The quantitative estimate of drug-likeness (QED) is 0.758. The Labute approximate surface area is 127 Å². The Bertz CT molecular complexity index is 762. The van der Waals surface area contributed by atoms with Gasteiger partial charge in [0.25, 0.3) is 5.91 Å². The Hall–Kier alpha value is -2.89. The van der Waals surface area contributed by atoms with Gasteiger partial charge in [0.1, 0.15) is 0 Å². The molecule has 0 unspecified atom stereocenters. The molecule has 0 radical (unpaired) electrons. The molecule has 0 saturated heterocycles. The van der Waals surface area contributed by atoms with Gasteiger partial charge in [-0.2, -0.15) is 5.10 Å². The molecule has 0 aliphatic heterocycles. The van der Waals surface area contributed by atoms with E-state index in [9.17, 15) is 4.79 Å². The van der Waals surface area contributed by atoms with Crippen LogP contribution < -0.4 is 5.32 Å². The van der Waals surface area contributed by atoms with Gasteiger partial charge in [-0.3, -0.25) is 9.89 Å². The number of nitrogens with one attached hydrogen (secondary N) is 2. The summed E-state index contributed by atoms with van der Waals surface area (Å²) in [5.74, 6) is 0.491. The van der Waals surface area contributed by atoms with Gasteiger partial charge in [0.2, 0.25) is 0 Å². The maximum absolute atomic E-state index is 12.2. The molecule has 0 atom stereocenters. The molecule has 0 bridgehead atoms. The predicted octanol–water partition coefficient (Wildman–Crippen LogP) is 2.56. The standard InChI is InChI=1S/C16H16N4O2/c1-2-13-9-14(22-20-13)10-17-16(21)12-5-3-4-11(8-12)15-6-7-18-19-15/h3-9H,2,10H2,1H3,(H,17,21)(H,18,19). The fourth-order valence-corrected chi connectivity index (χ4v) is 2.12. The molecule has 22 heavy (non-hydrogen) atoms. The first-order valence-corrected chi connectivity index (χ1v) is 7.08. The van der Waals surface area contributed by atoms with E-state index >= 15 is 0 Å². The maximum atomic E-state index is 12.2. The van der Waals surface area contributed by atoms with E-state index in [1.54, 1.807) is 12.3 Å². The Morgan fingerprint density at radius 3 is 2.95 bits per heavy atom. The van der Waals surface area contributed by atoms with E-state index in [-0.39, 0.29) is 5.91 Å². The molecule has 0 fully saturated rings. The summed E-state index contributed by atoms with van der Waals surface area (Å²) in [4.78, 5) is 12.2. The van der Waals surface area contributed by atoms with Crippen molar-refractivity contribution in [2.45, 2.75) is 19.9 Å². The molecule has 2 heterocycles. The second-order valence-electron chi connectivity index (χ2n) is 4.87. The fourth-order valence-electron chi connectivity index (χ4n) is 2.12. The summed E-state index contributed by atoms with van der Waals surface area (Å²) in [6.07, 6.45) is 2.49. The lowest BCUT2D eigenvalue weighted by molar-refractivity contribution is 0.0947. The highest BCUT2D eigenvalue weighted by atomic mass is 16.5. The minimum Gasteiger partial charge on any atom is -0.359 e. The van der Waals surface area contributed by atoms with Crippen molar-refractivity contribution in [3.63, 3.8) is 0 Å². The minimum absolute atomic E-state index is 0.157. The molecular formula is C16H16N4O2. The molecule has 2 N–H and O–H groups in total. The second-order valence-corrected chi connectivity index (χ2v) is 4.87. The number of aromatic nitrogens is 3. The molecule has 0 aliphatic carbocycles. The third kappa shape index (κ3) is 3.06. The van der Waals surface area contributed by atoms with Crippen LogP contribution in [0.15, 0.2) is 47.1 Å². The summed E-state index contributed by atoms with van der Waals surface area (Å²) >= 11 is 0. The molecule has 3 aromatic rings. The number of aromatic amines is 1. The van der Waals surface area contributed by atoms with Gasteiger partial charge >= 0.3 is 0 Å². The number of benzene rings is 1. The fraction of sp³-hybridized carbons (Fsp3) is 0.188. The highest BCUT2D eigenvalue weighted by Crippen LogP contribution is 2.17. The van der Waals surface area contributed by atoms with Crippen LogP contribution in [0.3, 0.4) is 0 Å². The molecule has 0 spiro atoms. The molecule has 6 nitrogen and oxygen atoms in total. The van der Waals surface area contributed by atoms with Crippen LogP contribution >= 0.6 is 0 Å². The zero-order valence-electron chi connectivity index (χ0n) is 12.2. The van der Waals surface area contributed by atoms with E-state index in [0.717, 1.165) is 23.4 Å². The van der Waals surface area contributed by atoms with Crippen LogP contribution in [0.2, 0.25) is 0 Å². The highest BCUT2D eigenvalue weighted by Gasteiger charge is 2.09. The summed E-state index contributed by atoms with van der Waals surface area (Å²) in [5, 5.41) is 13.5. The average Bonchev–Trinajstić information content (AvgIpc) is 3.24. The molecular weight excluding hydrogens is 280 g/mol. The molecule has 1 aromatic carbocycles. The van der Waals surface area contributed by atoms with E-state index in [1.807, 2.05) is 37.3 Å². The number of H-pyrrole nitrogens is 1. The van der Waals surface area contributed by atoms with Crippen molar-refractivity contribution in [3.05, 3.63) is 59.6 Å². The smallest absolute Gasteiger partial charge is 0.251 e. The topological polar surface area (TPSA) is 83.8 Å². The van der Waals surface area contributed by atoms with Gasteiger partial charge in [0.15, 0.2) is 5.76 Å². The van der Waals surface area contributed by atoms with Gasteiger partial charge in [-0.25, -0.2) is 0 Å². The van der Waals surface area contributed by atoms with Crippen LogP contribution in [0, 0.1) is 0 Å². The Morgan fingerprint density at radius 2 is 2.23 bits per heavy atom. The second kappa shape index (κ2) is 6.26. The zero-order chi connectivity index (χ0) is 15.4. The summed E-state index contributed by atoms with van der Waals surface area (Å²) in [7, 11) is 0. The largest absolute Gasteiger partial charge is 0.359 e. The van der Waals surface area contributed by atoms with Crippen LogP contribution in [-0.4, -0.2) is 21.3 Å². The lowest BCUT2D eigenvalue weighted by atomic mass is 10.1. The summed E-state index contributed by atoms with van der Waals surface area (Å²) < 4.78 is 5.15. The molecule has 1 amide bonds. The molecule has 112 valence electrons. The van der Waals surface area contributed by atoms with Gasteiger partial charge in [-0.05, 0) is 24.6 Å². The molecule has 2 aromatic heterocycles. The first-order chi connectivity index (χ1) is 10.8. The predicted molar refractivity (Wildman–Crippen MR) is 81.1 cm³/mol. The monoisotopic (exact) mass is 296 g/mol. The van der Waals surface area contributed by atoms with Crippen LogP contribution in [0.25, 0.3) is 11.3 Å². The number of nitrogens with zero attached hydrogens (tertiary/aromatic N) is 2. The van der Waals surface area contributed by atoms with E-state index in [1.165, 1.54) is 0 Å². The van der Waals surface area contributed by atoms with Gasteiger partial charge < -0.3 is 9.84 Å². The van der Waals surface area contributed by atoms with Gasteiger partial charge in [0.05, 0.1) is 17.9 Å². The SMILES string of the molecule is CCc1cc(CNC(=O)c2cccc(-c3ccn[nH]3)c2)on1. The third-order valence-electron chi connectivity index (χ3n) is 3.33. The number of rotatable bonds is 5. The Morgan fingerprint density at radius 1 is 1.32 bits per heavy atom. The van der Waals surface area contributed by atoms with Crippen molar-refractivity contribution < 1.29 is 9.32 Å². The summed E-state index contributed by atoms with van der Waals surface area (Å²) in [6.45, 7) is 2.32. The summed E-state index contributed by atoms with van der Waals surface area (Å²) in [5.41, 5.74) is 3.25. The molecule has 0 saturated carbocycles. The summed E-state index contributed by atoms with van der Waals surface area (Å²) in [6, 6.07) is 11.1. The zero-order valence-corrected chi connectivity index (χ0v) is 12.2. The number of hydrogen-bond donors (Lipinski definition) is 2. The molecule has 3 rings (SSSR count). The number of carbonyl (C=O) groups excluding carboxylic acids is 1. The van der Waals surface area contributed by atoms with Crippen molar-refractivity contribution in [1.82, 2.24) is 20.7 Å². The van der Waals surface area contributed by atoms with E-state index in [4.69, 9.17) is 4.52 Å². The van der Waals surface area contributed by atoms with Gasteiger partial charge in [-0.1, -0.05) is 24.2 Å². The number of hydrogen-bond acceptors (Lipinski definition) is 4.